The Labute approximate surface area is 515 Å². The molecule has 3 fully saturated rings. The third kappa shape index (κ3) is 16.6. The van der Waals surface area contributed by atoms with Crippen LogP contribution in [0.2, 0.25) is 0 Å². The van der Waals surface area contributed by atoms with E-state index in [1.54, 1.807) is 0 Å². The quantitative estimate of drug-likeness (QED) is 0.0715. The molecule has 0 spiro atoms. The normalized spacial score (nSPS) is 23.6. The van der Waals surface area contributed by atoms with E-state index in [0.29, 0.717) is 19.8 Å². The molecule has 0 bridgehead atoms. The largest absolute Gasteiger partial charge is 0.490 e. The van der Waals surface area contributed by atoms with Gasteiger partial charge in [-0.15, -0.1) is 0 Å². The van der Waals surface area contributed by atoms with Crippen molar-refractivity contribution in [3.63, 3.8) is 0 Å². The highest BCUT2D eigenvalue weighted by atomic mass is 16.5. The van der Waals surface area contributed by atoms with E-state index >= 15 is 0 Å². The number of esters is 3. The van der Waals surface area contributed by atoms with Gasteiger partial charge in [0.1, 0.15) is 52.8 Å². The van der Waals surface area contributed by atoms with Crippen molar-refractivity contribution >= 4 is 17.9 Å². The van der Waals surface area contributed by atoms with Gasteiger partial charge >= 0.3 is 17.9 Å². The molecule has 0 saturated heterocycles. The Morgan fingerprint density at radius 3 is 0.874 bits per heavy atom. The van der Waals surface area contributed by atoms with Crippen molar-refractivity contribution in [1.29, 1.82) is 0 Å². The van der Waals surface area contributed by atoms with Crippen LogP contribution in [-0.2, 0) is 47.9 Å². The molecule has 6 aliphatic rings. The third-order valence-electron chi connectivity index (χ3n) is 18.3. The van der Waals surface area contributed by atoms with E-state index in [4.69, 9.17) is 42.6 Å². The van der Waals surface area contributed by atoms with Crippen molar-refractivity contribution in [1.82, 2.24) is 0 Å². The summed E-state index contributed by atoms with van der Waals surface area (Å²) in [6.07, 6.45) is 17.2. The summed E-state index contributed by atoms with van der Waals surface area (Å²) in [6.45, 7) is 13.4. The van der Waals surface area contributed by atoms with Crippen LogP contribution in [0.1, 0.15) is 185 Å². The first-order valence-electron chi connectivity index (χ1n) is 32.5. The van der Waals surface area contributed by atoms with Crippen LogP contribution in [0.15, 0.2) is 127 Å². The van der Waals surface area contributed by atoms with Gasteiger partial charge in [0.05, 0.1) is 55.9 Å². The minimum atomic E-state index is -0.0555. The van der Waals surface area contributed by atoms with Gasteiger partial charge < -0.3 is 42.6 Å². The summed E-state index contributed by atoms with van der Waals surface area (Å²) in [7, 11) is 0. The van der Waals surface area contributed by atoms with Crippen molar-refractivity contribution in [2.75, 3.05) is 19.8 Å². The van der Waals surface area contributed by atoms with Crippen molar-refractivity contribution in [3.8, 4) is 34.5 Å². The molecule has 0 aromatic heterocycles. The molecule has 0 amide bonds. The lowest BCUT2D eigenvalue weighted by Gasteiger charge is -2.30. The molecule has 0 radical (unpaired) electrons. The van der Waals surface area contributed by atoms with Gasteiger partial charge in [-0.1, -0.05) is 72.8 Å². The Morgan fingerprint density at radius 1 is 0.356 bits per heavy atom. The monoisotopic (exact) mass is 1180 g/mol. The summed E-state index contributed by atoms with van der Waals surface area (Å²) in [5.74, 6) is 5.53. The summed E-state index contributed by atoms with van der Waals surface area (Å²) in [4.78, 5) is 35.7. The van der Waals surface area contributed by atoms with Crippen LogP contribution in [0.25, 0.3) is 0 Å². The van der Waals surface area contributed by atoms with E-state index in [1.165, 1.54) is 50.1 Å². The molecule has 2 unspecified atom stereocenters. The van der Waals surface area contributed by atoms with Crippen molar-refractivity contribution < 1.29 is 57.0 Å². The Bertz CT molecular complexity index is 2890. The van der Waals surface area contributed by atoms with Crippen LogP contribution >= 0.6 is 0 Å². The summed E-state index contributed by atoms with van der Waals surface area (Å²) in [5.41, 5.74) is 11.3. The predicted octanol–water partition coefficient (Wildman–Crippen LogP) is 16.7. The van der Waals surface area contributed by atoms with Gasteiger partial charge in [0.15, 0.2) is 0 Å². The van der Waals surface area contributed by atoms with E-state index in [-0.39, 0.29) is 72.3 Å². The molecule has 12 nitrogen and oxygen atoms in total. The van der Waals surface area contributed by atoms with Crippen LogP contribution in [-0.4, -0.2) is 56.0 Å². The molecule has 0 N–H and O–H groups in total. The number of rotatable bonds is 15. The van der Waals surface area contributed by atoms with Gasteiger partial charge in [0.2, 0.25) is 0 Å². The van der Waals surface area contributed by atoms with Crippen molar-refractivity contribution in [2.24, 2.45) is 17.8 Å². The zero-order valence-electron chi connectivity index (χ0n) is 52.1. The molecule has 3 saturated carbocycles. The van der Waals surface area contributed by atoms with E-state index in [9.17, 15) is 14.4 Å². The van der Waals surface area contributed by atoms with Gasteiger partial charge in [-0.2, -0.15) is 0 Å². The van der Waals surface area contributed by atoms with Gasteiger partial charge in [-0.25, -0.2) is 0 Å². The molecule has 87 heavy (non-hydrogen) atoms. The highest BCUT2D eigenvalue weighted by molar-refractivity contribution is 5.73. The Kier molecular flexibility index (Phi) is 21.9. The fourth-order valence-corrected chi connectivity index (χ4v) is 13.4. The third-order valence-corrected chi connectivity index (χ3v) is 18.3. The molecule has 12 rings (SSSR count). The summed E-state index contributed by atoms with van der Waals surface area (Å²) >= 11 is 0. The van der Waals surface area contributed by atoms with Crippen molar-refractivity contribution in [2.45, 2.75) is 194 Å². The minimum absolute atomic E-state index is 0.0325. The molecular formula is C75H90O12. The maximum Gasteiger partial charge on any atom is 0.308 e. The van der Waals surface area contributed by atoms with E-state index in [0.717, 1.165) is 150 Å². The maximum atomic E-state index is 11.9. The molecule has 6 aromatic carbocycles. The van der Waals surface area contributed by atoms with Gasteiger partial charge in [0.25, 0.3) is 0 Å². The van der Waals surface area contributed by atoms with Gasteiger partial charge in [-0.3, -0.25) is 14.4 Å². The molecule has 462 valence electrons. The summed E-state index contributed by atoms with van der Waals surface area (Å²) in [6, 6.07) is 43.9. The van der Waals surface area contributed by atoms with Gasteiger partial charge in [-0.05, 0) is 262 Å². The molecule has 3 heterocycles. The molecule has 3 aliphatic carbocycles. The fraction of sp³-hybridized carbons (Fsp3) is 0.480. The zero-order valence-corrected chi connectivity index (χ0v) is 52.1. The van der Waals surface area contributed by atoms with Gasteiger partial charge in [0, 0.05) is 0 Å². The number of carbonyl (C=O) groups is 3. The predicted molar refractivity (Wildman–Crippen MR) is 337 cm³/mol. The second-order valence-electron chi connectivity index (χ2n) is 24.3. The average molecular weight is 1180 g/mol. The Morgan fingerprint density at radius 2 is 0.621 bits per heavy atom. The van der Waals surface area contributed by atoms with Crippen LogP contribution < -0.4 is 28.4 Å². The number of benzene rings is 6. The number of carbonyl (C=O) groups excluding carboxylic acids is 3. The van der Waals surface area contributed by atoms with Crippen LogP contribution in [0, 0.1) is 38.5 Å². The first kappa shape index (κ1) is 62.6. The standard InChI is InChI=1S/3C25H30O4/c3*1-3-27-25(26)18-8-11-20(12-9-18)28-21-13-15-23-19(16-21)10-14-24(29-23)22-7-5-4-6-17(22)2/h3*4-7,13,15-16,18,20,24H,3,8-12,14H2,1-2H3/t18-,20+,24?;18-,20-,24?;18-,20-,24-/m..0/s1. The average Bonchev–Trinajstić information content (AvgIpc) is 3.53. The highest BCUT2D eigenvalue weighted by Crippen LogP contribution is 2.42. The Hall–Kier alpha value is -7.47. The minimum Gasteiger partial charge on any atom is -0.490 e. The topological polar surface area (TPSA) is 134 Å². The summed E-state index contributed by atoms with van der Waals surface area (Å²) in [5, 5.41) is 0. The molecule has 3 aliphatic heterocycles. The van der Waals surface area contributed by atoms with Crippen LogP contribution in [0.5, 0.6) is 34.5 Å². The molecular weight excluding hydrogens is 1090 g/mol. The number of hydrogen-bond donors (Lipinski definition) is 0. The SMILES string of the molecule is CCOC(=O)[C@H]1CC[C@@H](Oc2ccc3c(c2)CCC(c2ccccc2C)O3)CC1.CCOC(=O)[C@H]1CC[C@H](Oc2ccc3c(c2)CCC(c2ccccc2C)O3)CC1.CCOC(=O)[C@H]1CC[C@H](Oc2ccc3c(c2)CC[C@@H](c2ccccc2C)O3)CC1. The summed E-state index contributed by atoms with van der Waals surface area (Å²) < 4.78 is 53.1. The lowest BCUT2D eigenvalue weighted by molar-refractivity contribution is -0.150. The number of aryl methyl sites for hydroxylation is 6. The number of hydrogen-bond acceptors (Lipinski definition) is 12. The van der Waals surface area contributed by atoms with Crippen LogP contribution in [0.4, 0.5) is 0 Å². The molecule has 6 aromatic rings. The fourth-order valence-electron chi connectivity index (χ4n) is 13.4. The number of ether oxygens (including phenoxy) is 9. The zero-order chi connectivity index (χ0) is 60.7. The first-order valence-corrected chi connectivity index (χ1v) is 32.5. The lowest BCUT2D eigenvalue weighted by Crippen LogP contribution is -2.29. The Balaban J connectivity index is 0.000000144. The number of fused-ring (bicyclic) bond motifs is 3. The second-order valence-corrected chi connectivity index (χ2v) is 24.3. The van der Waals surface area contributed by atoms with E-state index < -0.39 is 0 Å². The first-order chi connectivity index (χ1) is 42.4. The molecule has 12 heteroatoms. The maximum absolute atomic E-state index is 11.9. The second kappa shape index (κ2) is 30.4. The van der Waals surface area contributed by atoms with E-state index in [2.05, 4.69) is 112 Å². The van der Waals surface area contributed by atoms with Crippen LogP contribution in [0.3, 0.4) is 0 Å². The lowest BCUT2D eigenvalue weighted by atomic mass is 9.87. The highest BCUT2D eigenvalue weighted by Gasteiger charge is 2.33. The van der Waals surface area contributed by atoms with Crippen molar-refractivity contribution in [3.05, 3.63) is 177 Å². The van der Waals surface area contributed by atoms with E-state index in [1.807, 2.05) is 57.2 Å². The smallest absolute Gasteiger partial charge is 0.308 e. The molecule has 3 atom stereocenters.